The van der Waals surface area contributed by atoms with Crippen LogP contribution in [0.15, 0.2) is 34.9 Å². The molecule has 0 aliphatic carbocycles. The number of nitrogens with zero attached hydrogens (tertiary/aromatic N) is 1. The minimum absolute atomic E-state index is 0.0428. The van der Waals surface area contributed by atoms with Crippen LogP contribution in [0.3, 0.4) is 0 Å². The zero-order valence-electron chi connectivity index (χ0n) is 9.38. The van der Waals surface area contributed by atoms with E-state index in [9.17, 15) is 13.2 Å². The smallest absolute Gasteiger partial charge is 0.355 e. The lowest BCUT2D eigenvalue weighted by atomic mass is 10.0. The van der Waals surface area contributed by atoms with Gasteiger partial charge in [-0.15, -0.1) is 0 Å². The fourth-order valence-corrected chi connectivity index (χ4v) is 2.15. The molecule has 0 N–H and O–H groups in total. The molecule has 0 aliphatic heterocycles. The van der Waals surface area contributed by atoms with Gasteiger partial charge in [-0.25, -0.2) is 0 Å². The van der Waals surface area contributed by atoms with E-state index in [1.54, 1.807) is 24.3 Å². The van der Waals surface area contributed by atoms with Crippen molar-refractivity contribution in [3.05, 3.63) is 41.6 Å². The fourth-order valence-electron chi connectivity index (χ4n) is 2.15. The first kappa shape index (κ1) is 11.1. The maximum atomic E-state index is 13.0. The van der Waals surface area contributed by atoms with Crippen LogP contribution in [0, 0.1) is 6.92 Å². The summed E-state index contributed by atoms with van der Waals surface area (Å²) in [5.41, 5.74) is -0.254. The molecule has 0 atom stereocenters. The molecule has 0 amide bonds. The minimum Gasteiger partial charge on any atom is -0.355 e. The summed E-state index contributed by atoms with van der Waals surface area (Å²) >= 11 is 0. The second-order valence-corrected chi connectivity index (χ2v) is 4.12. The molecule has 92 valence electrons. The Morgan fingerprint density at radius 1 is 1.17 bits per heavy atom. The van der Waals surface area contributed by atoms with E-state index in [-0.39, 0.29) is 16.7 Å². The second kappa shape index (κ2) is 3.48. The normalized spacial score (nSPS) is 12.4. The summed E-state index contributed by atoms with van der Waals surface area (Å²) in [6, 6.07) is 7.94. The average molecular weight is 251 g/mol. The molecule has 0 aliphatic rings. The van der Waals surface area contributed by atoms with Crippen LogP contribution in [0.5, 0.6) is 0 Å². The van der Waals surface area contributed by atoms with Crippen molar-refractivity contribution in [2.45, 2.75) is 13.1 Å². The number of aromatic nitrogens is 1. The number of fused-ring (bicyclic) bond motifs is 3. The Labute approximate surface area is 100.0 Å². The van der Waals surface area contributed by atoms with Crippen molar-refractivity contribution < 1.29 is 17.7 Å². The Kier molecular flexibility index (Phi) is 2.14. The second-order valence-electron chi connectivity index (χ2n) is 4.12. The molecular weight excluding hydrogens is 243 g/mol. The summed E-state index contributed by atoms with van der Waals surface area (Å²) in [6.45, 7) is 1.51. The van der Waals surface area contributed by atoms with Gasteiger partial charge in [-0.3, -0.25) is 0 Å². The van der Waals surface area contributed by atoms with Gasteiger partial charge in [0.25, 0.3) is 0 Å². The standard InChI is InChI=1S/C13H8F3NO/c1-7-11-10(13(14,15)16)6-8-4-2-3-5-9(8)12(11)18-17-7/h2-6H,1H3. The van der Waals surface area contributed by atoms with E-state index >= 15 is 0 Å². The first-order valence-electron chi connectivity index (χ1n) is 5.33. The van der Waals surface area contributed by atoms with Crippen molar-refractivity contribution in [2.75, 3.05) is 0 Å². The van der Waals surface area contributed by atoms with Crippen molar-refractivity contribution in [1.29, 1.82) is 0 Å². The molecule has 1 aromatic heterocycles. The van der Waals surface area contributed by atoms with Crippen LogP contribution in [0.4, 0.5) is 13.2 Å². The van der Waals surface area contributed by atoms with Crippen molar-refractivity contribution in [2.24, 2.45) is 0 Å². The van der Waals surface area contributed by atoms with Crippen molar-refractivity contribution in [1.82, 2.24) is 5.16 Å². The van der Waals surface area contributed by atoms with Gasteiger partial charge in [-0.2, -0.15) is 13.2 Å². The van der Waals surface area contributed by atoms with Crippen LogP contribution in [-0.4, -0.2) is 5.16 Å². The lowest BCUT2D eigenvalue weighted by molar-refractivity contribution is -0.136. The van der Waals surface area contributed by atoms with Crippen LogP contribution in [-0.2, 0) is 6.18 Å². The third kappa shape index (κ3) is 1.47. The van der Waals surface area contributed by atoms with Gasteiger partial charge in [-0.05, 0) is 18.4 Å². The molecule has 2 aromatic carbocycles. The first-order chi connectivity index (χ1) is 8.48. The van der Waals surface area contributed by atoms with Gasteiger partial charge in [0, 0.05) is 5.39 Å². The largest absolute Gasteiger partial charge is 0.417 e. The number of hydrogen-bond donors (Lipinski definition) is 0. The molecule has 0 radical (unpaired) electrons. The van der Waals surface area contributed by atoms with E-state index in [2.05, 4.69) is 5.16 Å². The molecule has 3 aromatic rings. The Morgan fingerprint density at radius 2 is 1.89 bits per heavy atom. The predicted octanol–water partition coefficient (Wildman–Crippen LogP) is 4.31. The average Bonchev–Trinajstić information content (AvgIpc) is 2.70. The molecule has 18 heavy (non-hydrogen) atoms. The molecule has 2 nitrogen and oxygen atoms in total. The SMILES string of the molecule is Cc1noc2c1c(C(F)(F)F)cc1ccccc12. The number of rotatable bonds is 0. The van der Waals surface area contributed by atoms with Crippen LogP contribution >= 0.6 is 0 Å². The highest BCUT2D eigenvalue weighted by Gasteiger charge is 2.35. The van der Waals surface area contributed by atoms with E-state index in [0.29, 0.717) is 10.8 Å². The maximum absolute atomic E-state index is 13.0. The minimum atomic E-state index is -4.42. The molecule has 0 fully saturated rings. The van der Waals surface area contributed by atoms with Gasteiger partial charge in [0.1, 0.15) is 0 Å². The lowest BCUT2D eigenvalue weighted by Crippen LogP contribution is -2.06. The summed E-state index contributed by atoms with van der Waals surface area (Å²) in [6.07, 6.45) is -4.42. The van der Waals surface area contributed by atoms with Crippen LogP contribution in [0.25, 0.3) is 21.7 Å². The van der Waals surface area contributed by atoms with E-state index < -0.39 is 11.7 Å². The Hall–Kier alpha value is -2.04. The van der Waals surface area contributed by atoms with E-state index in [0.717, 1.165) is 6.07 Å². The third-order valence-corrected chi connectivity index (χ3v) is 2.94. The zero-order valence-corrected chi connectivity index (χ0v) is 9.38. The number of halogens is 3. The highest BCUT2D eigenvalue weighted by atomic mass is 19.4. The molecule has 3 rings (SSSR count). The van der Waals surface area contributed by atoms with Crippen molar-refractivity contribution in [3.63, 3.8) is 0 Å². The van der Waals surface area contributed by atoms with Gasteiger partial charge >= 0.3 is 6.18 Å². The van der Waals surface area contributed by atoms with Gasteiger partial charge in [0.15, 0.2) is 5.58 Å². The van der Waals surface area contributed by atoms with Crippen LogP contribution < -0.4 is 0 Å². The first-order valence-corrected chi connectivity index (χ1v) is 5.33. The van der Waals surface area contributed by atoms with Crippen LogP contribution in [0.1, 0.15) is 11.3 Å². The van der Waals surface area contributed by atoms with Crippen molar-refractivity contribution >= 4 is 21.7 Å². The Balaban J connectivity index is 2.57. The number of aryl methyl sites for hydroxylation is 1. The topological polar surface area (TPSA) is 26.0 Å². The highest BCUT2D eigenvalue weighted by molar-refractivity contribution is 6.06. The predicted molar refractivity (Wildman–Crippen MR) is 61.3 cm³/mol. The monoisotopic (exact) mass is 251 g/mol. The number of benzene rings is 2. The van der Waals surface area contributed by atoms with Crippen molar-refractivity contribution in [3.8, 4) is 0 Å². The molecule has 5 heteroatoms. The highest BCUT2D eigenvalue weighted by Crippen LogP contribution is 2.39. The van der Waals surface area contributed by atoms with Crippen LogP contribution in [0.2, 0.25) is 0 Å². The molecule has 0 saturated carbocycles. The van der Waals surface area contributed by atoms with E-state index in [1.165, 1.54) is 6.92 Å². The van der Waals surface area contributed by atoms with Gasteiger partial charge in [-0.1, -0.05) is 29.4 Å². The van der Waals surface area contributed by atoms with E-state index in [4.69, 9.17) is 4.52 Å². The molecule has 1 heterocycles. The maximum Gasteiger partial charge on any atom is 0.417 e. The quantitative estimate of drug-likeness (QED) is 0.595. The fraction of sp³-hybridized carbons (Fsp3) is 0.154. The molecule has 0 spiro atoms. The summed E-state index contributed by atoms with van der Waals surface area (Å²) < 4.78 is 44.1. The zero-order chi connectivity index (χ0) is 12.9. The number of hydrogen-bond acceptors (Lipinski definition) is 2. The Bertz CT molecular complexity index is 743. The molecule has 0 unspecified atom stereocenters. The summed E-state index contributed by atoms with van der Waals surface area (Å²) in [4.78, 5) is 0. The number of alkyl halides is 3. The van der Waals surface area contributed by atoms with Gasteiger partial charge in [0.05, 0.1) is 16.6 Å². The molecular formula is C13H8F3NO. The lowest BCUT2D eigenvalue weighted by Gasteiger charge is -2.09. The summed E-state index contributed by atoms with van der Waals surface area (Å²) in [7, 11) is 0. The van der Waals surface area contributed by atoms with Gasteiger partial charge in [0.2, 0.25) is 0 Å². The summed E-state index contributed by atoms with van der Waals surface area (Å²) in [5.74, 6) is 0. The van der Waals surface area contributed by atoms with E-state index in [1.807, 2.05) is 0 Å². The molecule has 0 saturated heterocycles. The summed E-state index contributed by atoms with van der Waals surface area (Å²) in [5, 5.41) is 4.82. The molecule has 0 bridgehead atoms. The third-order valence-electron chi connectivity index (χ3n) is 2.94. The Morgan fingerprint density at radius 3 is 2.61 bits per heavy atom. The van der Waals surface area contributed by atoms with Gasteiger partial charge < -0.3 is 4.52 Å².